The van der Waals surface area contributed by atoms with Crippen LogP contribution in [0.3, 0.4) is 0 Å². The molecule has 0 atom stereocenters. The molecule has 4 aromatic rings. The zero-order chi connectivity index (χ0) is 22.0. The molecular formula is C23H21ClLiN3O4. The first-order chi connectivity index (χ1) is 14.9. The number of fused-ring (bicyclic) bond motifs is 1. The van der Waals surface area contributed by atoms with Gasteiger partial charge in [0.05, 0.1) is 17.5 Å². The van der Waals surface area contributed by atoms with Crippen molar-refractivity contribution in [3.8, 4) is 28.6 Å². The molecule has 0 unspecified atom stereocenters. The Balaban J connectivity index is 0.00000289. The molecule has 0 aliphatic carbocycles. The number of aliphatic carboxylic acids is 1. The Bertz CT molecular complexity index is 1260. The summed E-state index contributed by atoms with van der Waals surface area (Å²) in [4.78, 5) is 19.8. The van der Waals surface area contributed by atoms with Crippen LogP contribution in [0.4, 0.5) is 0 Å². The van der Waals surface area contributed by atoms with Gasteiger partial charge in [-0.25, -0.2) is 0 Å². The molecular weight excluding hydrogens is 425 g/mol. The van der Waals surface area contributed by atoms with Crippen LogP contribution in [0.1, 0.15) is 26.0 Å². The molecule has 32 heavy (non-hydrogen) atoms. The fourth-order valence-corrected chi connectivity index (χ4v) is 3.55. The molecule has 7 nitrogen and oxygen atoms in total. The molecule has 2 aromatic carbocycles. The predicted octanol–water partition coefficient (Wildman–Crippen LogP) is 4.76. The molecule has 9 heteroatoms. The summed E-state index contributed by atoms with van der Waals surface area (Å²) in [5.41, 5.74) is 2.18. The number of pyridine rings is 1. The van der Waals surface area contributed by atoms with Crippen LogP contribution < -0.4 is 4.74 Å². The second-order valence-corrected chi connectivity index (χ2v) is 7.69. The van der Waals surface area contributed by atoms with Crippen LogP contribution in [0.15, 0.2) is 53.2 Å². The van der Waals surface area contributed by atoms with E-state index in [1.165, 1.54) is 0 Å². The summed E-state index contributed by atoms with van der Waals surface area (Å²) in [6.07, 6.45) is 2.04. The predicted molar refractivity (Wildman–Crippen MR) is 124 cm³/mol. The quantitative estimate of drug-likeness (QED) is 0.409. The molecule has 4 rings (SSSR count). The first-order valence-corrected chi connectivity index (χ1v) is 10.2. The zero-order valence-corrected chi connectivity index (χ0v) is 17.8. The number of carbonyl (C=O) groups is 1. The summed E-state index contributed by atoms with van der Waals surface area (Å²) in [7, 11) is 0. The average Bonchev–Trinajstić information content (AvgIpc) is 3.23. The monoisotopic (exact) mass is 445 g/mol. The van der Waals surface area contributed by atoms with E-state index in [1.54, 1.807) is 18.3 Å². The summed E-state index contributed by atoms with van der Waals surface area (Å²) >= 11 is 6.33. The standard InChI is InChI=1S/C23H20ClN3O4.Li.H/c1-13(2)30-20-8-6-14(12-18(20)24)23-26-22(27-31-23)17-5-3-4-16-15(17)10-11-25-19(16)7-9-21(28)29;;/h3-6,8,10-13H,7,9H2,1-2H3,(H,28,29);;. The number of nitrogens with zero attached hydrogens (tertiary/aromatic N) is 3. The zero-order valence-electron chi connectivity index (χ0n) is 17.0. The third-order valence-electron chi connectivity index (χ3n) is 4.67. The minimum absolute atomic E-state index is 0. The Hall–Kier alpha value is -2.85. The normalized spacial score (nSPS) is 10.9. The van der Waals surface area contributed by atoms with Gasteiger partial charge < -0.3 is 14.4 Å². The fraction of sp³-hybridized carbons (Fsp3) is 0.217. The van der Waals surface area contributed by atoms with Crippen molar-refractivity contribution in [2.75, 3.05) is 0 Å². The Morgan fingerprint density at radius 1 is 1.19 bits per heavy atom. The van der Waals surface area contributed by atoms with E-state index in [9.17, 15) is 4.79 Å². The van der Waals surface area contributed by atoms with E-state index in [0.29, 0.717) is 34.5 Å². The molecule has 0 amide bonds. The maximum absolute atomic E-state index is 11.0. The number of aryl methyl sites for hydroxylation is 1. The molecule has 1 N–H and O–H groups in total. The summed E-state index contributed by atoms with van der Waals surface area (Å²) < 4.78 is 11.1. The molecule has 160 valence electrons. The summed E-state index contributed by atoms with van der Waals surface area (Å²) in [6.45, 7) is 3.86. The minimum atomic E-state index is -0.860. The van der Waals surface area contributed by atoms with Crippen LogP contribution in [-0.4, -0.2) is 51.2 Å². The number of carboxylic acid groups (broad SMARTS) is 1. The van der Waals surface area contributed by atoms with Gasteiger partial charge in [-0.3, -0.25) is 9.78 Å². The molecule has 0 bridgehead atoms. The molecule has 0 saturated carbocycles. The molecule has 0 aliphatic heterocycles. The fourth-order valence-electron chi connectivity index (χ4n) is 3.32. The van der Waals surface area contributed by atoms with E-state index >= 15 is 0 Å². The third-order valence-corrected chi connectivity index (χ3v) is 4.97. The van der Waals surface area contributed by atoms with E-state index in [-0.39, 0.29) is 31.4 Å². The van der Waals surface area contributed by atoms with Gasteiger partial charge in [-0.15, -0.1) is 0 Å². The Kier molecular flexibility index (Phi) is 7.57. The number of ether oxygens (including phenoxy) is 1. The van der Waals surface area contributed by atoms with Gasteiger partial charge in [0, 0.05) is 34.8 Å². The Morgan fingerprint density at radius 2 is 2.00 bits per heavy atom. The molecule has 0 aliphatic rings. The maximum atomic E-state index is 11.0. The van der Waals surface area contributed by atoms with Gasteiger partial charge in [-0.05, 0) is 43.5 Å². The summed E-state index contributed by atoms with van der Waals surface area (Å²) in [5, 5.41) is 15.3. The van der Waals surface area contributed by atoms with Crippen LogP contribution in [0.2, 0.25) is 5.02 Å². The van der Waals surface area contributed by atoms with Crippen LogP contribution in [0, 0.1) is 0 Å². The first kappa shape index (κ1) is 23.8. The van der Waals surface area contributed by atoms with Gasteiger partial charge in [0.15, 0.2) is 0 Å². The van der Waals surface area contributed by atoms with E-state index < -0.39 is 5.97 Å². The van der Waals surface area contributed by atoms with E-state index in [2.05, 4.69) is 15.1 Å². The van der Waals surface area contributed by atoms with E-state index in [0.717, 1.165) is 22.0 Å². The first-order valence-electron chi connectivity index (χ1n) is 9.81. The van der Waals surface area contributed by atoms with Gasteiger partial charge in [-0.2, -0.15) is 4.98 Å². The number of halogens is 1. The van der Waals surface area contributed by atoms with Crippen molar-refractivity contribution in [2.24, 2.45) is 0 Å². The molecule has 0 radical (unpaired) electrons. The number of rotatable bonds is 7. The van der Waals surface area contributed by atoms with Crippen molar-refractivity contribution in [3.05, 3.63) is 59.4 Å². The molecule has 0 fully saturated rings. The molecule has 0 saturated heterocycles. The van der Waals surface area contributed by atoms with Crippen LogP contribution in [-0.2, 0) is 11.2 Å². The second kappa shape index (κ2) is 10.2. The van der Waals surface area contributed by atoms with E-state index in [1.807, 2.05) is 44.2 Å². The Labute approximate surface area is 201 Å². The van der Waals surface area contributed by atoms with Crippen LogP contribution in [0.5, 0.6) is 5.75 Å². The van der Waals surface area contributed by atoms with Crippen molar-refractivity contribution in [1.29, 1.82) is 0 Å². The van der Waals surface area contributed by atoms with Crippen LogP contribution in [0.25, 0.3) is 33.6 Å². The van der Waals surface area contributed by atoms with Gasteiger partial charge in [0.1, 0.15) is 5.75 Å². The van der Waals surface area contributed by atoms with Gasteiger partial charge in [0.2, 0.25) is 5.82 Å². The number of aromatic nitrogens is 3. The number of hydrogen-bond acceptors (Lipinski definition) is 6. The number of hydrogen-bond donors (Lipinski definition) is 1. The Morgan fingerprint density at radius 3 is 2.72 bits per heavy atom. The van der Waals surface area contributed by atoms with Gasteiger partial charge in [-0.1, -0.05) is 35.0 Å². The molecule has 2 heterocycles. The third kappa shape index (κ3) is 5.13. The molecule has 2 aromatic heterocycles. The van der Waals surface area contributed by atoms with E-state index in [4.69, 9.17) is 26.0 Å². The summed E-state index contributed by atoms with van der Waals surface area (Å²) in [5.74, 6) is 0.497. The second-order valence-electron chi connectivity index (χ2n) is 7.29. The molecule has 0 spiro atoms. The van der Waals surface area contributed by atoms with Crippen molar-refractivity contribution in [3.63, 3.8) is 0 Å². The van der Waals surface area contributed by atoms with Crippen molar-refractivity contribution in [2.45, 2.75) is 32.8 Å². The van der Waals surface area contributed by atoms with Crippen molar-refractivity contribution < 1.29 is 19.2 Å². The average molecular weight is 446 g/mol. The SMILES string of the molecule is CC(C)Oc1ccc(-c2nc(-c3cccc4c(CCC(=O)O)nccc34)no2)cc1Cl.[LiH]. The summed E-state index contributed by atoms with van der Waals surface area (Å²) in [6, 6.07) is 12.9. The van der Waals surface area contributed by atoms with Crippen molar-refractivity contribution in [1.82, 2.24) is 15.1 Å². The van der Waals surface area contributed by atoms with Crippen LogP contribution >= 0.6 is 11.6 Å². The van der Waals surface area contributed by atoms with Gasteiger partial charge >= 0.3 is 24.8 Å². The topological polar surface area (TPSA) is 98.3 Å². The van der Waals surface area contributed by atoms with Crippen molar-refractivity contribution >= 4 is 47.2 Å². The number of carboxylic acids is 1. The van der Waals surface area contributed by atoms with Gasteiger partial charge in [0.25, 0.3) is 5.89 Å². The number of benzene rings is 2.